The van der Waals surface area contributed by atoms with Gasteiger partial charge in [0.15, 0.2) is 0 Å². The van der Waals surface area contributed by atoms with Gasteiger partial charge in [0, 0.05) is 12.7 Å². The van der Waals surface area contributed by atoms with Crippen LogP contribution in [0.15, 0.2) is 24.3 Å². The Morgan fingerprint density at radius 2 is 2.13 bits per heavy atom. The maximum absolute atomic E-state index is 11.9. The Kier molecular flexibility index (Phi) is 1.68. The summed E-state index contributed by atoms with van der Waals surface area (Å²) < 4.78 is 0. The number of hydrogen-bond acceptors (Lipinski definition) is 2. The predicted molar refractivity (Wildman–Crippen MR) is 58.7 cm³/mol. The highest BCUT2D eigenvalue weighted by atomic mass is 16.2. The number of para-hydroxylation sites is 1. The van der Waals surface area contributed by atoms with E-state index in [2.05, 4.69) is 6.07 Å². The summed E-state index contributed by atoms with van der Waals surface area (Å²) in [7, 11) is 1.81. The minimum atomic E-state index is -0.313. The van der Waals surface area contributed by atoms with Gasteiger partial charge >= 0.3 is 0 Å². The highest BCUT2D eigenvalue weighted by molar-refractivity contribution is 5.99. The van der Waals surface area contributed by atoms with E-state index in [4.69, 9.17) is 5.73 Å². The van der Waals surface area contributed by atoms with Crippen molar-refractivity contribution >= 4 is 11.6 Å². The average molecular weight is 202 g/mol. The van der Waals surface area contributed by atoms with E-state index in [9.17, 15) is 4.79 Å². The van der Waals surface area contributed by atoms with Gasteiger partial charge in [-0.05, 0) is 29.9 Å². The van der Waals surface area contributed by atoms with E-state index in [1.807, 2.05) is 25.2 Å². The summed E-state index contributed by atoms with van der Waals surface area (Å²) in [5, 5.41) is 0. The van der Waals surface area contributed by atoms with Crippen molar-refractivity contribution in [1.82, 2.24) is 0 Å². The third kappa shape index (κ3) is 1.13. The number of likely N-dealkylation sites (N-methyl/N-ethyl adjacent to an activating group) is 1. The molecule has 0 saturated heterocycles. The molecule has 1 saturated carbocycles. The molecule has 2 N–H and O–H groups in total. The second-order valence-electron chi connectivity index (χ2n) is 4.49. The van der Waals surface area contributed by atoms with Crippen LogP contribution >= 0.6 is 0 Å². The van der Waals surface area contributed by atoms with Gasteiger partial charge < -0.3 is 10.6 Å². The molecule has 1 aromatic carbocycles. The molecule has 78 valence electrons. The number of nitrogens with zero attached hydrogens (tertiary/aromatic N) is 1. The number of anilines is 1. The van der Waals surface area contributed by atoms with Gasteiger partial charge in [0.1, 0.15) is 0 Å². The van der Waals surface area contributed by atoms with E-state index >= 15 is 0 Å². The zero-order chi connectivity index (χ0) is 10.6. The van der Waals surface area contributed by atoms with Crippen molar-refractivity contribution in [1.29, 1.82) is 0 Å². The van der Waals surface area contributed by atoms with E-state index in [0.29, 0.717) is 11.8 Å². The normalized spacial score (nSPS) is 33.1. The number of benzene rings is 1. The molecular weight excluding hydrogens is 188 g/mol. The van der Waals surface area contributed by atoms with Crippen LogP contribution in [0, 0.1) is 5.92 Å². The predicted octanol–water partition coefficient (Wildman–Crippen LogP) is 1.09. The lowest BCUT2D eigenvalue weighted by Crippen LogP contribution is -2.42. The number of amides is 1. The molecule has 3 atom stereocenters. The van der Waals surface area contributed by atoms with Crippen LogP contribution in [0.5, 0.6) is 0 Å². The monoisotopic (exact) mass is 202 g/mol. The van der Waals surface area contributed by atoms with Crippen molar-refractivity contribution < 1.29 is 4.79 Å². The Morgan fingerprint density at radius 1 is 1.40 bits per heavy atom. The standard InChI is InChI=1S/C12H14N2O/c1-14-10-5-3-2-4-7(10)8-6-9(8)11(13)12(14)15/h2-5,8-9,11H,6,13H2,1H3/t8-,9?,11?/m0/s1. The smallest absolute Gasteiger partial charge is 0.243 e. The van der Waals surface area contributed by atoms with Crippen LogP contribution in [-0.2, 0) is 4.79 Å². The molecule has 0 radical (unpaired) electrons. The Bertz CT molecular complexity index is 429. The van der Waals surface area contributed by atoms with E-state index < -0.39 is 0 Å². The van der Waals surface area contributed by atoms with Crippen molar-refractivity contribution in [3.8, 4) is 0 Å². The first-order chi connectivity index (χ1) is 7.20. The molecule has 1 aromatic rings. The molecular formula is C12H14N2O. The van der Waals surface area contributed by atoms with Crippen LogP contribution in [0.25, 0.3) is 0 Å². The zero-order valence-electron chi connectivity index (χ0n) is 8.68. The topological polar surface area (TPSA) is 46.3 Å². The maximum Gasteiger partial charge on any atom is 0.243 e. The molecule has 0 aromatic heterocycles. The summed E-state index contributed by atoms with van der Waals surface area (Å²) in [5.74, 6) is 0.918. The van der Waals surface area contributed by atoms with Gasteiger partial charge in [-0.3, -0.25) is 4.79 Å². The van der Waals surface area contributed by atoms with Crippen molar-refractivity contribution in [3.63, 3.8) is 0 Å². The Morgan fingerprint density at radius 3 is 2.93 bits per heavy atom. The quantitative estimate of drug-likeness (QED) is 0.684. The molecule has 3 nitrogen and oxygen atoms in total. The molecule has 2 unspecified atom stereocenters. The highest BCUT2D eigenvalue weighted by Gasteiger charge is 2.49. The molecule has 2 aliphatic rings. The summed E-state index contributed by atoms with van der Waals surface area (Å²) >= 11 is 0. The lowest BCUT2D eigenvalue weighted by molar-refractivity contribution is -0.119. The van der Waals surface area contributed by atoms with Crippen LogP contribution < -0.4 is 10.6 Å². The first kappa shape index (κ1) is 8.92. The first-order valence-electron chi connectivity index (χ1n) is 5.32. The van der Waals surface area contributed by atoms with Crippen molar-refractivity contribution in [2.75, 3.05) is 11.9 Å². The number of carbonyl (C=O) groups excluding carboxylic acids is 1. The third-order valence-electron chi connectivity index (χ3n) is 3.61. The van der Waals surface area contributed by atoms with Gasteiger partial charge in [-0.15, -0.1) is 0 Å². The maximum atomic E-state index is 11.9. The average Bonchev–Trinajstić information content (AvgIpc) is 3.05. The number of nitrogens with two attached hydrogens (primary N) is 1. The fraction of sp³-hybridized carbons (Fsp3) is 0.417. The van der Waals surface area contributed by atoms with Crippen molar-refractivity contribution in [3.05, 3.63) is 29.8 Å². The van der Waals surface area contributed by atoms with E-state index in [-0.39, 0.29) is 11.9 Å². The number of rotatable bonds is 0. The molecule has 0 spiro atoms. The molecule has 1 amide bonds. The minimum absolute atomic E-state index is 0.0486. The van der Waals surface area contributed by atoms with Crippen LogP contribution in [0.4, 0.5) is 5.69 Å². The molecule has 1 heterocycles. The van der Waals surface area contributed by atoms with Crippen LogP contribution in [-0.4, -0.2) is 19.0 Å². The van der Waals surface area contributed by atoms with Crippen LogP contribution in [0.3, 0.4) is 0 Å². The van der Waals surface area contributed by atoms with Gasteiger partial charge in [0.05, 0.1) is 6.04 Å². The molecule has 3 rings (SSSR count). The lowest BCUT2D eigenvalue weighted by Gasteiger charge is -2.20. The number of carbonyl (C=O) groups is 1. The highest BCUT2D eigenvalue weighted by Crippen LogP contribution is 2.53. The van der Waals surface area contributed by atoms with Crippen molar-refractivity contribution in [2.45, 2.75) is 18.4 Å². The Hall–Kier alpha value is -1.35. The second-order valence-corrected chi connectivity index (χ2v) is 4.49. The molecule has 15 heavy (non-hydrogen) atoms. The van der Waals surface area contributed by atoms with E-state index in [1.54, 1.807) is 4.90 Å². The molecule has 1 aliphatic heterocycles. The van der Waals surface area contributed by atoms with E-state index in [1.165, 1.54) is 5.56 Å². The summed E-state index contributed by atoms with van der Waals surface area (Å²) in [4.78, 5) is 13.6. The van der Waals surface area contributed by atoms with Crippen LogP contribution in [0.1, 0.15) is 17.9 Å². The Labute approximate surface area is 88.9 Å². The fourth-order valence-corrected chi connectivity index (χ4v) is 2.60. The molecule has 0 bridgehead atoms. The molecule has 3 heteroatoms. The third-order valence-corrected chi connectivity index (χ3v) is 3.61. The first-order valence-corrected chi connectivity index (χ1v) is 5.32. The summed E-state index contributed by atoms with van der Waals surface area (Å²) in [6, 6.07) is 7.80. The van der Waals surface area contributed by atoms with Crippen LogP contribution in [0.2, 0.25) is 0 Å². The number of fused-ring (bicyclic) bond motifs is 3. The fourth-order valence-electron chi connectivity index (χ4n) is 2.60. The summed E-state index contributed by atoms with van der Waals surface area (Å²) in [6.45, 7) is 0. The van der Waals surface area contributed by atoms with Gasteiger partial charge in [0.25, 0.3) is 0 Å². The minimum Gasteiger partial charge on any atom is -0.320 e. The van der Waals surface area contributed by atoms with E-state index in [0.717, 1.165) is 12.1 Å². The largest absolute Gasteiger partial charge is 0.320 e. The van der Waals surface area contributed by atoms with Gasteiger partial charge in [-0.2, -0.15) is 0 Å². The summed E-state index contributed by atoms with van der Waals surface area (Å²) in [5.41, 5.74) is 8.26. The van der Waals surface area contributed by atoms with Gasteiger partial charge in [0.2, 0.25) is 5.91 Å². The number of hydrogen-bond donors (Lipinski definition) is 1. The van der Waals surface area contributed by atoms with Crippen molar-refractivity contribution in [2.24, 2.45) is 11.7 Å². The van der Waals surface area contributed by atoms with Gasteiger partial charge in [-0.25, -0.2) is 0 Å². The second kappa shape index (κ2) is 2.83. The molecule has 1 fully saturated rings. The SMILES string of the molecule is CN1C(=O)C(N)C2C[C@H]2c2ccccc21. The summed E-state index contributed by atoms with van der Waals surface area (Å²) in [6.07, 6.45) is 1.07. The van der Waals surface area contributed by atoms with Gasteiger partial charge in [-0.1, -0.05) is 18.2 Å². The Balaban J connectivity index is 2.14. The zero-order valence-corrected chi connectivity index (χ0v) is 8.68. The lowest BCUT2D eigenvalue weighted by atomic mass is 10.1. The molecule has 1 aliphatic carbocycles.